The van der Waals surface area contributed by atoms with E-state index in [2.05, 4.69) is 12.1 Å². The van der Waals surface area contributed by atoms with Crippen molar-refractivity contribution < 1.29 is 19.3 Å². The summed E-state index contributed by atoms with van der Waals surface area (Å²) in [6, 6.07) is 32.0. The van der Waals surface area contributed by atoms with Crippen LogP contribution in [0, 0.1) is 0 Å². The molecule has 0 saturated carbocycles. The quantitative estimate of drug-likeness (QED) is 0.314. The third-order valence-corrected chi connectivity index (χ3v) is 6.16. The Bertz CT molecular complexity index is 1150. The van der Waals surface area contributed by atoms with Crippen LogP contribution in [0.2, 0.25) is 0 Å². The maximum atomic E-state index is 9.74. The first kappa shape index (κ1) is 24.5. The van der Waals surface area contributed by atoms with Crippen LogP contribution in [0.5, 0.6) is 11.5 Å². The lowest BCUT2D eigenvalue weighted by Gasteiger charge is -2.36. The summed E-state index contributed by atoms with van der Waals surface area (Å²) in [4.78, 5) is 0. The van der Waals surface area contributed by atoms with Gasteiger partial charge in [-0.3, -0.25) is 0 Å². The number of methoxy groups -OCH3 is 2. The van der Waals surface area contributed by atoms with Crippen LogP contribution in [0.15, 0.2) is 97.1 Å². The van der Waals surface area contributed by atoms with Crippen LogP contribution in [-0.4, -0.2) is 19.3 Å². The van der Waals surface area contributed by atoms with Gasteiger partial charge < -0.3 is 25.1 Å². The Morgan fingerprint density at radius 3 is 1.63 bits per heavy atom. The number of nitrogens with two attached hydrogens (primary N) is 1. The molecule has 0 spiro atoms. The average Bonchev–Trinajstić information content (AvgIpc) is 2.94. The molecule has 0 unspecified atom stereocenters. The lowest BCUT2D eigenvalue weighted by molar-refractivity contribution is 0.000117. The van der Waals surface area contributed by atoms with Crippen molar-refractivity contribution in [2.24, 2.45) is 5.73 Å². The zero-order valence-electron chi connectivity index (χ0n) is 20.1. The van der Waals surface area contributed by atoms with Crippen molar-refractivity contribution in [2.45, 2.75) is 25.4 Å². The number of ether oxygens (including phenoxy) is 3. The minimum Gasteiger partial charge on any atom is -0.497 e. The molecule has 0 aromatic heterocycles. The van der Waals surface area contributed by atoms with E-state index in [1.807, 2.05) is 84.9 Å². The van der Waals surface area contributed by atoms with Crippen LogP contribution >= 0.6 is 0 Å². The van der Waals surface area contributed by atoms with E-state index >= 15 is 0 Å². The molecule has 0 aliphatic heterocycles. The summed E-state index contributed by atoms with van der Waals surface area (Å²) < 4.78 is 17.7. The first-order valence-electron chi connectivity index (χ1n) is 11.5. The van der Waals surface area contributed by atoms with Gasteiger partial charge in [-0.2, -0.15) is 0 Å². The van der Waals surface area contributed by atoms with Gasteiger partial charge in [-0.05, 0) is 57.6 Å². The molecule has 0 radical (unpaired) electrons. The second-order valence-corrected chi connectivity index (χ2v) is 8.31. The van der Waals surface area contributed by atoms with Crippen LogP contribution in [0.4, 0.5) is 0 Å². The zero-order valence-corrected chi connectivity index (χ0v) is 20.1. The summed E-state index contributed by atoms with van der Waals surface area (Å²) in [6.07, 6.45) is 0. The van der Waals surface area contributed by atoms with E-state index in [1.54, 1.807) is 14.2 Å². The predicted molar refractivity (Wildman–Crippen MR) is 137 cm³/mol. The Labute approximate surface area is 206 Å². The van der Waals surface area contributed by atoms with Gasteiger partial charge in [0.15, 0.2) is 0 Å². The molecular formula is C30H31NO4. The molecule has 5 heteroatoms. The number of rotatable bonds is 10. The topological polar surface area (TPSA) is 73.9 Å². The summed E-state index contributed by atoms with van der Waals surface area (Å²) in [6.45, 7) is 0.650. The standard InChI is InChI=1S/C30H31NO4/c1-33-28-12-8-26(9-13-28)30(25-6-4-3-5-7-25,27-10-14-29(34-2)15-11-27)35-21-24-17-22(19-31)16-23(18-24)20-32/h3-18,32H,19-21,31H2,1-2H3. The Balaban J connectivity index is 1.88. The van der Waals surface area contributed by atoms with E-state index in [0.29, 0.717) is 13.2 Å². The van der Waals surface area contributed by atoms with Crippen molar-refractivity contribution in [3.05, 3.63) is 130 Å². The van der Waals surface area contributed by atoms with Gasteiger partial charge in [-0.25, -0.2) is 0 Å². The summed E-state index contributed by atoms with van der Waals surface area (Å²) in [7, 11) is 3.31. The highest BCUT2D eigenvalue weighted by molar-refractivity contribution is 5.50. The van der Waals surface area contributed by atoms with Crippen molar-refractivity contribution in [1.82, 2.24) is 0 Å². The minimum absolute atomic E-state index is 0.0539. The fourth-order valence-corrected chi connectivity index (χ4v) is 4.40. The van der Waals surface area contributed by atoms with Gasteiger partial charge in [0.1, 0.15) is 17.1 Å². The highest BCUT2D eigenvalue weighted by Crippen LogP contribution is 2.42. The highest BCUT2D eigenvalue weighted by atomic mass is 16.5. The van der Waals surface area contributed by atoms with E-state index in [9.17, 15) is 5.11 Å². The maximum Gasteiger partial charge on any atom is 0.144 e. The fourth-order valence-electron chi connectivity index (χ4n) is 4.40. The molecule has 0 bridgehead atoms. The number of aliphatic hydroxyl groups excluding tert-OH is 1. The molecule has 0 aliphatic carbocycles. The molecule has 0 heterocycles. The zero-order chi connectivity index (χ0) is 24.7. The van der Waals surface area contributed by atoms with E-state index in [0.717, 1.165) is 44.9 Å². The largest absolute Gasteiger partial charge is 0.497 e. The smallest absolute Gasteiger partial charge is 0.144 e. The normalized spacial score (nSPS) is 11.3. The van der Waals surface area contributed by atoms with Gasteiger partial charge in [0.25, 0.3) is 0 Å². The van der Waals surface area contributed by atoms with Crippen molar-refractivity contribution in [3.63, 3.8) is 0 Å². The molecule has 4 aromatic rings. The van der Waals surface area contributed by atoms with Crippen LogP contribution in [-0.2, 0) is 30.1 Å². The molecule has 0 fully saturated rings. The van der Waals surface area contributed by atoms with Crippen LogP contribution in [0.1, 0.15) is 33.4 Å². The average molecular weight is 470 g/mol. The summed E-state index contributed by atoms with van der Waals surface area (Å²) in [5, 5.41) is 9.74. The fraction of sp³-hybridized carbons (Fsp3) is 0.200. The van der Waals surface area contributed by atoms with Gasteiger partial charge >= 0.3 is 0 Å². The van der Waals surface area contributed by atoms with Crippen molar-refractivity contribution in [3.8, 4) is 11.5 Å². The van der Waals surface area contributed by atoms with Crippen molar-refractivity contribution in [2.75, 3.05) is 14.2 Å². The number of benzene rings is 4. The maximum absolute atomic E-state index is 9.74. The molecule has 4 aromatic carbocycles. The van der Waals surface area contributed by atoms with Gasteiger partial charge in [-0.15, -0.1) is 0 Å². The summed E-state index contributed by atoms with van der Waals surface area (Å²) in [5.41, 5.74) is 10.6. The van der Waals surface area contributed by atoms with Crippen molar-refractivity contribution >= 4 is 0 Å². The molecule has 0 aliphatic rings. The third kappa shape index (κ3) is 5.23. The first-order chi connectivity index (χ1) is 17.1. The number of hydrogen-bond donors (Lipinski definition) is 2. The first-order valence-corrected chi connectivity index (χ1v) is 11.5. The predicted octanol–water partition coefficient (Wildman–Crippen LogP) is 5.16. The van der Waals surface area contributed by atoms with Crippen molar-refractivity contribution in [1.29, 1.82) is 0 Å². The third-order valence-electron chi connectivity index (χ3n) is 6.16. The number of hydrogen-bond acceptors (Lipinski definition) is 5. The molecule has 35 heavy (non-hydrogen) atoms. The Kier molecular flexibility index (Phi) is 7.83. The molecule has 0 amide bonds. The van der Waals surface area contributed by atoms with Gasteiger partial charge in [0, 0.05) is 6.54 Å². The van der Waals surface area contributed by atoms with Crippen LogP contribution in [0.3, 0.4) is 0 Å². The number of aliphatic hydroxyl groups is 1. The Hall–Kier alpha value is -3.64. The van der Waals surface area contributed by atoms with Gasteiger partial charge in [0.05, 0.1) is 27.4 Å². The monoisotopic (exact) mass is 469 g/mol. The Morgan fingerprint density at radius 2 is 1.14 bits per heavy atom. The second kappa shape index (κ2) is 11.2. The second-order valence-electron chi connectivity index (χ2n) is 8.31. The molecule has 180 valence electrons. The molecule has 4 rings (SSSR count). The minimum atomic E-state index is -0.905. The van der Waals surface area contributed by atoms with E-state index in [-0.39, 0.29) is 6.61 Å². The molecule has 0 atom stereocenters. The SMILES string of the molecule is COc1ccc(C(OCc2cc(CN)cc(CO)c2)(c2ccccc2)c2ccc(OC)cc2)cc1. The van der Waals surface area contributed by atoms with Gasteiger partial charge in [-0.1, -0.05) is 72.8 Å². The van der Waals surface area contributed by atoms with Crippen LogP contribution in [0.25, 0.3) is 0 Å². The molecule has 0 saturated heterocycles. The lowest BCUT2D eigenvalue weighted by atomic mass is 9.80. The van der Waals surface area contributed by atoms with Gasteiger partial charge in [0.2, 0.25) is 0 Å². The van der Waals surface area contributed by atoms with Crippen LogP contribution < -0.4 is 15.2 Å². The van der Waals surface area contributed by atoms with E-state index < -0.39 is 5.60 Å². The summed E-state index contributed by atoms with van der Waals surface area (Å²) >= 11 is 0. The molecular weight excluding hydrogens is 438 g/mol. The molecule has 5 nitrogen and oxygen atoms in total. The summed E-state index contributed by atoms with van der Waals surface area (Å²) in [5.74, 6) is 1.54. The van der Waals surface area contributed by atoms with E-state index in [4.69, 9.17) is 19.9 Å². The highest BCUT2D eigenvalue weighted by Gasteiger charge is 2.38. The lowest BCUT2D eigenvalue weighted by Crippen LogP contribution is -2.32. The van der Waals surface area contributed by atoms with E-state index in [1.165, 1.54) is 0 Å². The molecule has 3 N–H and O–H groups in total. The Morgan fingerprint density at radius 1 is 0.657 bits per heavy atom.